The first-order valence-corrected chi connectivity index (χ1v) is 5.53. The number of nitrogens with one attached hydrogen (secondary N) is 1. The number of rotatable bonds is 3. The highest BCUT2D eigenvalue weighted by atomic mass is 16.6. The number of nitrogen functional groups attached to an aromatic ring is 1. The molecular formula is C9H15N5O5. The predicted molar refractivity (Wildman–Crippen MR) is 63.2 cm³/mol. The molecular weight excluding hydrogens is 258 g/mol. The van der Waals surface area contributed by atoms with E-state index in [0.29, 0.717) is 0 Å². The molecule has 10 nitrogen and oxygen atoms in total. The first-order valence-electron chi connectivity index (χ1n) is 5.53. The van der Waals surface area contributed by atoms with Gasteiger partial charge in [0.2, 0.25) is 11.9 Å². The van der Waals surface area contributed by atoms with E-state index in [4.69, 9.17) is 15.6 Å². The summed E-state index contributed by atoms with van der Waals surface area (Å²) in [7, 11) is 1.48. The molecule has 0 spiro atoms. The largest absolute Gasteiger partial charge is 0.394 e. The topological polar surface area (TPSA) is 158 Å². The van der Waals surface area contributed by atoms with Crippen LogP contribution in [0.2, 0.25) is 0 Å². The Morgan fingerprint density at radius 1 is 1.42 bits per heavy atom. The number of aromatic amines is 1. The fraction of sp³-hybridized carbons (Fsp3) is 0.667. The number of aromatic nitrogens is 3. The second-order valence-electron chi connectivity index (χ2n) is 4.18. The summed E-state index contributed by atoms with van der Waals surface area (Å²) < 4.78 is 5.28. The van der Waals surface area contributed by atoms with Crippen molar-refractivity contribution in [1.82, 2.24) is 15.0 Å². The van der Waals surface area contributed by atoms with Gasteiger partial charge in [0.05, 0.1) is 6.61 Å². The van der Waals surface area contributed by atoms with Crippen molar-refractivity contribution >= 4 is 11.9 Å². The molecule has 0 radical (unpaired) electrons. The molecule has 1 fully saturated rings. The molecule has 1 saturated heterocycles. The molecule has 6 N–H and O–H groups in total. The number of likely N-dealkylation sites (N-methyl/N-ethyl adjacent to an activating group) is 1. The first-order chi connectivity index (χ1) is 8.93. The number of nitrogens with zero attached hydrogens (tertiary/aromatic N) is 3. The van der Waals surface area contributed by atoms with E-state index < -0.39 is 36.8 Å². The summed E-state index contributed by atoms with van der Waals surface area (Å²) in [6.45, 7) is -0.439. The Morgan fingerprint density at radius 2 is 2.11 bits per heavy atom. The maximum atomic E-state index is 11.2. The third kappa shape index (κ3) is 2.51. The van der Waals surface area contributed by atoms with Gasteiger partial charge in [0.15, 0.2) is 6.23 Å². The monoisotopic (exact) mass is 273 g/mol. The second-order valence-corrected chi connectivity index (χ2v) is 4.18. The van der Waals surface area contributed by atoms with Crippen LogP contribution in [0, 0.1) is 0 Å². The van der Waals surface area contributed by atoms with E-state index in [9.17, 15) is 15.0 Å². The molecule has 106 valence electrons. The Hall–Kier alpha value is -1.75. The third-order valence-corrected chi connectivity index (χ3v) is 2.89. The molecule has 10 heteroatoms. The van der Waals surface area contributed by atoms with E-state index in [1.54, 1.807) is 0 Å². The van der Waals surface area contributed by atoms with Crippen molar-refractivity contribution in [2.75, 3.05) is 24.3 Å². The zero-order chi connectivity index (χ0) is 14.2. The van der Waals surface area contributed by atoms with Crippen molar-refractivity contribution in [2.45, 2.75) is 24.5 Å². The van der Waals surface area contributed by atoms with Crippen molar-refractivity contribution in [3.05, 3.63) is 10.5 Å². The summed E-state index contributed by atoms with van der Waals surface area (Å²) in [6, 6.07) is 0. The van der Waals surface area contributed by atoms with Gasteiger partial charge in [0.1, 0.15) is 18.3 Å². The Bertz CT molecular complexity index is 508. The number of H-pyrrole nitrogens is 1. The molecule has 4 unspecified atom stereocenters. The Kier molecular flexibility index (Phi) is 3.66. The lowest BCUT2D eigenvalue weighted by molar-refractivity contribution is -0.0215. The minimum Gasteiger partial charge on any atom is -0.394 e. The fourth-order valence-corrected chi connectivity index (χ4v) is 1.88. The number of hydrogen-bond acceptors (Lipinski definition) is 9. The van der Waals surface area contributed by atoms with Crippen LogP contribution in [0.3, 0.4) is 0 Å². The Labute approximate surface area is 107 Å². The minimum atomic E-state index is -1.26. The van der Waals surface area contributed by atoms with Crippen LogP contribution in [-0.4, -0.2) is 68.5 Å². The lowest BCUT2D eigenvalue weighted by Crippen LogP contribution is -2.43. The molecule has 1 aromatic rings. The summed E-state index contributed by atoms with van der Waals surface area (Å²) >= 11 is 0. The van der Waals surface area contributed by atoms with Gasteiger partial charge in [0.25, 0.3) is 0 Å². The molecule has 1 aliphatic rings. The first kappa shape index (κ1) is 13.7. The van der Waals surface area contributed by atoms with E-state index in [1.807, 2.05) is 0 Å². The van der Waals surface area contributed by atoms with Gasteiger partial charge in [-0.3, -0.25) is 4.98 Å². The van der Waals surface area contributed by atoms with Crippen LogP contribution in [0.4, 0.5) is 11.9 Å². The van der Waals surface area contributed by atoms with Crippen molar-refractivity contribution in [1.29, 1.82) is 0 Å². The van der Waals surface area contributed by atoms with Crippen molar-refractivity contribution in [3.8, 4) is 0 Å². The van der Waals surface area contributed by atoms with Gasteiger partial charge in [-0.05, 0) is 0 Å². The van der Waals surface area contributed by atoms with Crippen LogP contribution < -0.4 is 16.3 Å². The van der Waals surface area contributed by atoms with Crippen LogP contribution in [0.1, 0.15) is 0 Å². The summed E-state index contributed by atoms with van der Waals surface area (Å²) in [4.78, 5) is 21.9. The van der Waals surface area contributed by atoms with E-state index in [0.717, 1.165) is 0 Å². The lowest BCUT2D eigenvalue weighted by atomic mass is 10.1. The summed E-state index contributed by atoms with van der Waals surface area (Å²) in [5, 5.41) is 28.5. The zero-order valence-corrected chi connectivity index (χ0v) is 10.1. The number of nitrogens with two attached hydrogens (primary N) is 1. The van der Waals surface area contributed by atoms with E-state index in [1.165, 1.54) is 11.9 Å². The number of aliphatic hydroxyl groups excluding tert-OH is 3. The molecule has 0 saturated carbocycles. The van der Waals surface area contributed by atoms with Gasteiger partial charge in [-0.25, -0.2) is 4.79 Å². The number of aliphatic hydroxyl groups is 3. The van der Waals surface area contributed by atoms with Crippen molar-refractivity contribution < 1.29 is 20.1 Å². The molecule has 1 aromatic heterocycles. The van der Waals surface area contributed by atoms with Crippen molar-refractivity contribution in [3.63, 3.8) is 0 Å². The fourth-order valence-electron chi connectivity index (χ4n) is 1.88. The average Bonchev–Trinajstić information content (AvgIpc) is 2.64. The van der Waals surface area contributed by atoms with Gasteiger partial charge in [-0.1, -0.05) is 0 Å². The number of anilines is 2. The smallest absolute Gasteiger partial charge is 0.350 e. The highest BCUT2D eigenvalue weighted by Gasteiger charge is 2.44. The zero-order valence-electron chi connectivity index (χ0n) is 10.1. The van der Waals surface area contributed by atoms with Crippen LogP contribution in [0.5, 0.6) is 0 Å². The highest BCUT2D eigenvalue weighted by molar-refractivity contribution is 5.33. The van der Waals surface area contributed by atoms with Crippen molar-refractivity contribution in [2.24, 2.45) is 0 Å². The van der Waals surface area contributed by atoms with E-state index in [2.05, 4.69) is 15.0 Å². The van der Waals surface area contributed by atoms with E-state index in [-0.39, 0.29) is 11.9 Å². The molecule has 1 aliphatic heterocycles. The normalized spacial score (nSPS) is 30.5. The molecule has 0 amide bonds. The maximum Gasteiger partial charge on any atom is 0.350 e. The SMILES string of the molecule is CN(c1nc(N)nc(=O)[nH]1)C1OC(CO)C(O)C1O. The molecule has 0 bridgehead atoms. The minimum absolute atomic E-state index is 0.0346. The Morgan fingerprint density at radius 3 is 2.63 bits per heavy atom. The van der Waals surface area contributed by atoms with E-state index >= 15 is 0 Å². The maximum absolute atomic E-state index is 11.2. The summed E-state index contributed by atoms with van der Waals surface area (Å²) in [5.41, 5.74) is 4.66. The van der Waals surface area contributed by atoms with Crippen LogP contribution in [-0.2, 0) is 4.74 Å². The Balaban J connectivity index is 2.24. The third-order valence-electron chi connectivity index (χ3n) is 2.89. The van der Waals surface area contributed by atoms with Crippen LogP contribution in [0.25, 0.3) is 0 Å². The number of ether oxygens (including phenoxy) is 1. The van der Waals surface area contributed by atoms with Gasteiger partial charge in [-0.15, -0.1) is 0 Å². The average molecular weight is 273 g/mol. The van der Waals surface area contributed by atoms with Gasteiger partial charge >= 0.3 is 5.69 Å². The lowest BCUT2D eigenvalue weighted by Gasteiger charge is -2.26. The summed E-state index contributed by atoms with van der Waals surface area (Å²) in [5.74, 6) is -0.190. The molecule has 0 aliphatic carbocycles. The summed E-state index contributed by atoms with van der Waals surface area (Å²) in [6.07, 6.45) is -4.38. The molecule has 19 heavy (non-hydrogen) atoms. The quantitative estimate of drug-likeness (QED) is 0.379. The molecule has 2 rings (SSSR count). The van der Waals surface area contributed by atoms with Crippen LogP contribution >= 0.6 is 0 Å². The predicted octanol–water partition coefficient (Wildman–Crippen LogP) is -3.38. The molecule has 4 atom stereocenters. The standard InChI is InChI=1S/C9H15N5O5/c1-14(8-11-7(10)12-9(18)13-8)6-5(17)4(16)3(2-15)19-6/h3-6,15-17H,2H2,1H3,(H3,10,11,12,13,18). The second kappa shape index (κ2) is 5.09. The molecule has 2 heterocycles. The van der Waals surface area contributed by atoms with Gasteiger partial charge < -0.3 is 30.7 Å². The number of hydrogen-bond donors (Lipinski definition) is 5. The van der Waals surface area contributed by atoms with Gasteiger partial charge in [-0.2, -0.15) is 9.97 Å². The van der Waals surface area contributed by atoms with Gasteiger partial charge in [0, 0.05) is 7.05 Å². The molecule has 0 aromatic carbocycles. The highest BCUT2D eigenvalue weighted by Crippen LogP contribution is 2.24. The van der Waals surface area contributed by atoms with Crippen LogP contribution in [0.15, 0.2) is 4.79 Å².